The summed E-state index contributed by atoms with van der Waals surface area (Å²) in [6.07, 6.45) is 0. The van der Waals surface area contributed by atoms with Crippen LogP contribution in [0.2, 0.25) is 0 Å². The number of fused-ring (bicyclic) bond motifs is 3. The molecule has 0 radical (unpaired) electrons. The van der Waals surface area contributed by atoms with Crippen LogP contribution >= 0.6 is 0 Å². The van der Waals surface area contributed by atoms with Crippen LogP contribution in [0, 0.1) is 0 Å². The van der Waals surface area contributed by atoms with Crippen molar-refractivity contribution in [3.05, 3.63) is 47.5 Å². The van der Waals surface area contributed by atoms with Crippen LogP contribution in [0.3, 0.4) is 0 Å². The van der Waals surface area contributed by atoms with Crippen molar-refractivity contribution >= 4 is 5.78 Å². The lowest BCUT2D eigenvalue weighted by Gasteiger charge is -2.13. The zero-order chi connectivity index (χ0) is 18.7. The summed E-state index contributed by atoms with van der Waals surface area (Å²) in [5, 5.41) is 0. The van der Waals surface area contributed by atoms with Gasteiger partial charge < -0.3 is 19.3 Å². The van der Waals surface area contributed by atoms with Crippen molar-refractivity contribution in [3.63, 3.8) is 0 Å². The van der Waals surface area contributed by atoms with Gasteiger partial charge in [0.25, 0.3) is 0 Å². The lowest BCUT2D eigenvalue weighted by Crippen LogP contribution is -2.19. The summed E-state index contributed by atoms with van der Waals surface area (Å²) < 4.78 is 11.6. The number of carbonyl (C=O) groups is 1. The molecule has 1 aliphatic carbocycles. The maximum absolute atomic E-state index is 12.6. The highest BCUT2D eigenvalue weighted by Gasteiger charge is 2.27. The largest absolute Gasteiger partial charge is 0.492 e. The van der Waals surface area contributed by atoms with Gasteiger partial charge in [-0.25, -0.2) is 0 Å². The van der Waals surface area contributed by atoms with Gasteiger partial charge in [-0.3, -0.25) is 4.79 Å². The van der Waals surface area contributed by atoms with E-state index in [1.165, 1.54) is 0 Å². The van der Waals surface area contributed by atoms with E-state index in [0.717, 1.165) is 46.8 Å². The molecular weight excluding hydrogens is 328 g/mol. The first-order chi connectivity index (χ1) is 12.5. The van der Waals surface area contributed by atoms with Gasteiger partial charge in [0.2, 0.25) is 0 Å². The van der Waals surface area contributed by atoms with E-state index in [9.17, 15) is 4.79 Å². The molecule has 0 bridgehead atoms. The van der Waals surface area contributed by atoms with Crippen LogP contribution in [-0.2, 0) is 0 Å². The van der Waals surface area contributed by atoms with E-state index in [1.54, 1.807) is 0 Å². The van der Waals surface area contributed by atoms with Gasteiger partial charge in [-0.1, -0.05) is 0 Å². The van der Waals surface area contributed by atoms with Crippen LogP contribution in [0.1, 0.15) is 15.9 Å². The highest BCUT2D eigenvalue weighted by Crippen LogP contribution is 2.40. The number of hydrogen-bond acceptors (Lipinski definition) is 5. The van der Waals surface area contributed by atoms with Gasteiger partial charge in [0.1, 0.15) is 24.7 Å². The highest BCUT2D eigenvalue weighted by molar-refractivity contribution is 6.21. The third kappa shape index (κ3) is 4.06. The van der Waals surface area contributed by atoms with Gasteiger partial charge >= 0.3 is 0 Å². The predicted molar refractivity (Wildman–Crippen MR) is 103 cm³/mol. The summed E-state index contributed by atoms with van der Waals surface area (Å²) >= 11 is 0. The van der Waals surface area contributed by atoms with Crippen LogP contribution in [0.5, 0.6) is 11.5 Å². The quantitative estimate of drug-likeness (QED) is 0.622. The summed E-state index contributed by atoms with van der Waals surface area (Å²) in [7, 11) is 8.05. The van der Waals surface area contributed by atoms with E-state index in [1.807, 2.05) is 64.6 Å². The number of benzene rings is 2. The van der Waals surface area contributed by atoms with E-state index < -0.39 is 0 Å². The average Bonchev–Trinajstić information content (AvgIpc) is 2.86. The summed E-state index contributed by atoms with van der Waals surface area (Å²) in [4.78, 5) is 16.8. The zero-order valence-electron chi connectivity index (χ0n) is 15.9. The molecule has 0 aliphatic heterocycles. The minimum absolute atomic E-state index is 0.0645. The van der Waals surface area contributed by atoms with Crippen molar-refractivity contribution in [1.29, 1.82) is 0 Å². The van der Waals surface area contributed by atoms with Crippen molar-refractivity contribution in [2.45, 2.75) is 0 Å². The molecule has 0 saturated carbocycles. The third-order valence-electron chi connectivity index (χ3n) is 4.38. The lowest BCUT2D eigenvalue weighted by atomic mass is 10.1. The molecule has 5 heteroatoms. The Hall–Kier alpha value is -2.37. The Morgan fingerprint density at radius 3 is 1.50 bits per heavy atom. The number of hydrogen-bond donors (Lipinski definition) is 0. The Labute approximate surface area is 155 Å². The standard InChI is InChI=1S/C21H26N2O3/c1-22(2)9-11-25-15-5-7-17-19(13-15)20-14-16(26-12-10-23(3)4)6-8-18(20)21(17)24/h5-8,13-14H,9-12H2,1-4H3. The maximum atomic E-state index is 12.6. The summed E-state index contributed by atoms with van der Waals surface area (Å²) in [6, 6.07) is 11.4. The predicted octanol–water partition coefficient (Wildman–Crippen LogP) is 2.78. The minimum Gasteiger partial charge on any atom is -0.492 e. The second-order valence-electron chi connectivity index (χ2n) is 7.05. The summed E-state index contributed by atoms with van der Waals surface area (Å²) in [5.41, 5.74) is 3.30. The van der Waals surface area contributed by atoms with E-state index >= 15 is 0 Å². The van der Waals surface area contributed by atoms with E-state index in [0.29, 0.717) is 13.2 Å². The maximum Gasteiger partial charge on any atom is 0.194 e. The molecule has 0 atom stereocenters. The molecule has 0 spiro atoms. The fourth-order valence-corrected chi connectivity index (χ4v) is 2.91. The molecule has 0 unspecified atom stereocenters. The molecule has 0 amide bonds. The molecular formula is C21H26N2O3. The SMILES string of the molecule is CN(C)CCOc1ccc2c(c1)-c1cc(OCCN(C)C)ccc1C2=O. The molecule has 138 valence electrons. The average molecular weight is 354 g/mol. The first-order valence-electron chi connectivity index (χ1n) is 8.84. The number of ether oxygens (including phenoxy) is 2. The Morgan fingerprint density at radius 1 is 0.692 bits per heavy atom. The van der Waals surface area contributed by atoms with Crippen molar-refractivity contribution in [2.75, 3.05) is 54.5 Å². The minimum atomic E-state index is 0.0645. The molecule has 3 rings (SSSR count). The van der Waals surface area contributed by atoms with Gasteiger partial charge in [0.05, 0.1) is 0 Å². The number of ketones is 1. The molecule has 0 N–H and O–H groups in total. The monoisotopic (exact) mass is 354 g/mol. The fourth-order valence-electron chi connectivity index (χ4n) is 2.91. The van der Waals surface area contributed by atoms with E-state index in [4.69, 9.17) is 9.47 Å². The Balaban J connectivity index is 1.81. The molecule has 0 heterocycles. The second kappa shape index (κ2) is 7.89. The Morgan fingerprint density at radius 2 is 1.12 bits per heavy atom. The van der Waals surface area contributed by atoms with E-state index in [-0.39, 0.29) is 5.78 Å². The van der Waals surface area contributed by atoms with Gasteiger partial charge in [-0.15, -0.1) is 0 Å². The first-order valence-corrected chi connectivity index (χ1v) is 8.84. The highest BCUT2D eigenvalue weighted by atomic mass is 16.5. The summed E-state index contributed by atoms with van der Waals surface area (Å²) in [5.74, 6) is 1.63. The smallest absolute Gasteiger partial charge is 0.194 e. The molecule has 26 heavy (non-hydrogen) atoms. The second-order valence-corrected chi connectivity index (χ2v) is 7.05. The van der Waals surface area contributed by atoms with Crippen molar-refractivity contribution in [3.8, 4) is 22.6 Å². The molecule has 0 saturated heterocycles. The number of rotatable bonds is 8. The van der Waals surface area contributed by atoms with E-state index in [2.05, 4.69) is 9.80 Å². The summed E-state index contributed by atoms with van der Waals surface area (Å²) in [6.45, 7) is 2.91. The van der Waals surface area contributed by atoms with Crippen LogP contribution in [-0.4, -0.2) is 70.1 Å². The molecule has 2 aromatic rings. The number of likely N-dealkylation sites (N-methyl/N-ethyl adjacent to an activating group) is 2. The number of carbonyl (C=O) groups excluding carboxylic acids is 1. The van der Waals surface area contributed by atoms with Crippen molar-refractivity contribution in [1.82, 2.24) is 9.80 Å². The van der Waals surface area contributed by atoms with Gasteiger partial charge in [0.15, 0.2) is 5.78 Å². The molecule has 0 aromatic heterocycles. The van der Waals surface area contributed by atoms with Crippen molar-refractivity contribution in [2.24, 2.45) is 0 Å². The van der Waals surface area contributed by atoms with Crippen molar-refractivity contribution < 1.29 is 14.3 Å². The normalized spacial score (nSPS) is 12.5. The van der Waals surface area contributed by atoms with Crippen LogP contribution in [0.4, 0.5) is 0 Å². The molecule has 1 aliphatic rings. The van der Waals surface area contributed by atoms with Gasteiger partial charge in [-0.2, -0.15) is 0 Å². The zero-order valence-corrected chi connectivity index (χ0v) is 15.9. The third-order valence-corrected chi connectivity index (χ3v) is 4.38. The topological polar surface area (TPSA) is 42.0 Å². The molecule has 0 fully saturated rings. The number of nitrogens with zero attached hydrogens (tertiary/aromatic N) is 2. The first kappa shape index (κ1) is 18.4. The lowest BCUT2D eigenvalue weighted by molar-refractivity contribution is 0.104. The Bertz CT molecular complexity index is 734. The van der Waals surface area contributed by atoms with Crippen LogP contribution in [0.25, 0.3) is 11.1 Å². The van der Waals surface area contributed by atoms with Gasteiger partial charge in [-0.05, 0) is 75.7 Å². The fraction of sp³-hybridized carbons (Fsp3) is 0.381. The van der Waals surface area contributed by atoms with Crippen LogP contribution in [0.15, 0.2) is 36.4 Å². The van der Waals surface area contributed by atoms with Gasteiger partial charge in [0, 0.05) is 24.2 Å². The Kier molecular flexibility index (Phi) is 5.59. The molecule has 2 aromatic carbocycles. The molecule has 5 nitrogen and oxygen atoms in total. The van der Waals surface area contributed by atoms with Crippen LogP contribution < -0.4 is 9.47 Å².